The number of rotatable bonds is 3. The lowest BCUT2D eigenvalue weighted by Crippen LogP contribution is -2.07. The molecule has 21 heavy (non-hydrogen) atoms. The molecule has 0 saturated heterocycles. The number of anilines is 1. The fourth-order valence-corrected chi connectivity index (χ4v) is 1.98. The summed E-state index contributed by atoms with van der Waals surface area (Å²) in [5.41, 5.74) is 2.59. The molecule has 0 saturated carbocycles. The molecular formula is C17H13N3O. The average molecular weight is 275 g/mol. The average Bonchev–Trinajstić information content (AvgIpc) is 2.54. The minimum Gasteiger partial charge on any atom is -0.322 e. The highest BCUT2D eigenvalue weighted by molar-refractivity contribution is 6.02. The maximum absolute atomic E-state index is 11.9. The number of carbonyl (C=O) groups is 1. The second-order valence-electron chi connectivity index (χ2n) is 4.51. The van der Waals surface area contributed by atoms with Crippen molar-refractivity contribution in [3.63, 3.8) is 0 Å². The Labute approximate surface area is 122 Å². The molecule has 1 aromatic carbocycles. The molecule has 4 heteroatoms. The fraction of sp³-hybridized carbons (Fsp3) is 0. The third-order valence-electron chi connectivity index (χ3n) is 3.00. The van der Waals surface area contributed by atoms with Crippen molar-refractivity contribution in [1.82, 2.24) is 9.97 Å². The van der Waals surface area contributed by atoms with Gasteiger partial charge in [0.1, 0.15) is 0 Å². The Morgan fingerprint density at radius 2 is 1.90 bits per heavy atom. The van der Waals surface area contributed by atoms with Crippen molar-refractivity contribution in [3.8, 4) is 0 Å². The lowest BCUT2D eigenvalue weighted by molar-refractivity contribution is -0.111. The van der Waals surface area contributed by atoms with E-state index in [0.717, 1.165) is 22.2 Å². The first-order valence-corrected chi connectivity index (χ1v) is 6.55. The van der Waals surface area contributed by atoms with Crippen molar-refractivity contribution in [3.05, 3.63) is 72.7 Å². The smallest absolute Gasteiger partial charge is 0.248 e. The number of nitrogens with one attached hydrogen (secondary N) is 1. The van der Waals surface area contributed by atoms with Gasteiger partial charge in [0.25, 0.3) is 0 Å². The van der Waals surface area contributed by atoms with Crippen LogP contribution >= 0.6 is 0 Å². The molecule has 0 fully saturated rings. The summed E-state index contributed by atoms with van der Waals surface area (Å²) in [7, 11) is 0. The molecule has 0 aliphatic heterocycles. The lowest BCUT2D eigenvalue weighted by atomic mass is 10.2. The van der Waals surface area contributed by atoms with Gasteiger partial charge in [0.2, 0.25) is 5.91 Å². The van der Waals surface area contributed by atoms with Gasteiger partial charge in [-0.3, -0.25) is 14.8 Å². The fourth-order valence-electron chi connectivity index (χ4n) is 1.98. The van der Waals surface area contributed by atoms with Gasteiger partial charge in [0.05, 0.1) is 5.52 Å². The number of fused-ring (bicyclic) bond motifs is 1. The van der Waals surface area contributed by atoms with Gasteiger partial charge in [-0.15, -0.1) is 0 Å². The van der Waals surface area contributed by atoms with Crippen LogP contribution < -0.4 is 5.32 Å². The van der Waals surface area contributed by atoms with Gasteiger partial charge in [-0.25, -0.2) is 0 Å². The monoisotopic (exact) mass is 275 g/mol. The van der Waals surface area contributed by atoms with Crippen molar-refractivity contribution in [2.24, 2.45) is 0 Å². The van der Waals surface area contributed by atoms with E-state index in [4.69, 9.17) is 0 Å². The molecule has 0 radical (unpaired) electrons. The Kier molecular flexibility index (Phi) is 3.69. The Bertz CT molecular complexity index is 797. The van der Waals surface area contributed by atoms with Crippen LogP contribution in [0.2, 0.25) is 0 Å². The second-order valence-corrected chi connectivity index (χ2v) is 4.51. The van der Waals surface area contributed by atoms with E-state index in [1.54, 1.807) is 24.7 Å². The number of hydrogen-bond acceptors (Lipinski definition) is 3. The highest BCUT2D eigenvalue weighted by atomic mass is 16.1. The molecule has 3 aromatic rings. The van der Waals surface area contributed by atoms with E-state index < -0.39 is 0 Å². The Balaban J connectivity index is 1.73. The number of nitrogens with zero attached hydrogens (tertiary/aromatic N) is 2. The summed E-state index contributed by atoms with van der Waals surface area (Å²) in [5.74, 6) is -0.171. The van der Waals surface area contributed by atoms with E-state index in [1.807, 2.05) is 42.5 Å². The first-order chi connectivity index (χ1) is 10.3. The Hall–Kier alpha value is -3.01. The molecule has 0 spiro atoms. The van der Waals surface area contributed by atoms with Gasteiger partial charge in [0.15, 0.2) is 0 Å². The van der Waals surface area contributed by atoms with Crippen LogP contribution in [0.25, 0.3) is 17.0 Å². The molecule has 2 heterocycles. The van der Waals surface area contributed by atoms with Gasteiger partial charge in [-0.05, 0) is 48.0 Å². The van der Waals surface area contributed by atoms with Crippen LogP contribution in [-0.4, -0.2) is 15.9 Å². The van der Waals surface area contributed by atoms with Crippen LogP contribution in [0.5, 0.6) is 0 Å². The van der Waals surface area contributed by atoms with E-state index in [2.05, 4.69) is 15.3 Å². The highest BCUT2D eigenvalue weighted by Gasteiger charge is 2.00. The molecule has 0 bridgehead atoms. The van der Waals surface area contributed by atoms with Crippen molar-refractivity contribution < 1.29 is 4.79 Å². The highest BCUT2D eigenvalue weighted by Crippen LogP contribution is 2.17. The maximum Gasteiger partial charge on any atom is 0.248 e. The van der Waals surface area contributed by atoms with Crippen LogP contribution in [0.15, 0.2) is 67.1 Å². The van der Waals surface area contributed by atoms with E-state index in [9.17, 15) is 4.79 Å². The number of benzene rings is 1. The zero-order chi connectivity index (χ0) is 14.5. The molecule has 0 aliphatic rings. The summed E-state index contributed by atoms with van der Waals surface area (Å²) in [6, 6.07) is 13.1. The molecular weight excluding hydrogens is 262 g/mol. The molecule has 102 valence electrons. The van der Waals surface area contributed by atoms with E-state index >= 15 is 0 Å². The van der Waals surface area contributed by atoms with E-state index in [-0.39, 0.29) is 5.91 Å². The number of amides is 1. The third-order valence-corrected chi connectivity index (χ3v) is 3.00. The molecule has 3 rings (SSSR count). The minimum atomic E-state index is -0.171. The van der Waals surface area contributed by atoms with Crippen LogP contribution in [0.1, 0.15) is 5.56 Å². The van der Waals surface area contributed by atoms with Crippen LogP contribution in [0, 0.1) is 0 Å². The van der Waals surface area contributed by atoms with Gasteiger partial charge < -0.3 is 5.32 Å². The van der Waals surface area contributed by atoms with Gasteiger partial charge in [-0.2, -0.15) is 0 Å². The molecule has 4 nitrogen and oxygen atoms in total. The van der Waals surface area contributed by atoms with Gasteiger partial charge in [0, 0.05) is 35.7 Å². The lowest BCUT2D eigenvalue weighted by Gasteiger charge is -2.03. The number of aromatic nitrogens is 2. The van der Waals surface area contributed by atoms with Crippen LogP contribution in [0.3, 0.4) is 0 Å². The number of pyridine rings is 2. The van der Waals surface area contributed by atoms with Gasteiger partial charge in [-0.1, -0.05) is 6.07 Å². The summed E-state index contributed by atoms with van der Waals surface area (Å²) >= 11 is 0. The third kappa shape index (κ3) is 3.30. The normalized spacial score (nSPS) is 10.9. The van der Waals surface area contributed by atoms with Crippen molar-refractivity contribution >= 4 is 28.6 Å². The van der Waals surface area contributed by atoms with E-state index in [0.29, 0.717) is 0 Å². The second kappa shape index (κ2) is 5.96. The van der Waals surface area contributed by atoms with Crippen molar-refractivity contribution in [2.45, 2.75) is 0 Å². The van der Waals surface area contributed by atoms with Crippen molar-refractivity contribution in [2.75, 3.05) is 5.32 Å². The van der Waals surface area contributed by atoms with Crippen LogP contribution in [0.4, 0.5) is 5.69 Å². The molecule has 0 atom stereocenters. The van der Waals surface area contributed by atoms with Gasteiger partial charge >= 0.3 is 0 Å². The minimum absolute atomic E-state index is 0.171. The predicted molar refractivity (Wildman–Crippen MR) is 83.6 cm³/mol. The zero-order valence-corrected chi connectivity index (χ0v) is 11.2. The standard InChI is InChI=1S/C17H13N3O/c21-17(6-3-13-7-10-18-11-8-13)20-15-4-5-16-14(12-15)2-1-9-19-16/h1-12H,(H,20,21)/b6-3+. The molecule has 1 amide bonds. The predicted octanol–water partition coefficient (Wildman–Crippen LogP) is 3.28. The first-order valence-electron chi connectivity index (χ1n) is 6.55. The summed E-state index contributed by atoms with van der Waals surface area (Å²) < 4.78 is 0. The maximum atomic E-state index is 11.9. The van der Waals surface area contributed by atoms with E-state index in [1.165, 1.54) is 6.08 Å². The zero-order valence-electron chi connectivity index (χ0n) is 11.2. The SMILES string of the molecule is O=C(/C=C/c1ccncc1)Nc1ccc2ncccc2c1. The molecule has 0 unspecified atom stereocenters. The Morgan fingerprint density at radius 1 is 1.05 bits per heavy atom. The summed E-state index contributed by atoms with van der Waals surface area (Å²) in [4.78, 5) is 20.1. The quantitative estimate of drug-likeness (QED) is 0.746. The Morgan fingerprint density at radius 3 is 2.76 bits per heavy atom. The number of hydrogen-bond donors (Lipinski definition) is 1. The summed E-state index contributed by atoms with van der Waals surface area (Å²) in [5, 5.41) is 3.83. The molecule has 2 aromatic heterocycles. The van der Waals surface area contributed by atoms with Crippen molar-refractivity contribution in [1.29, 1.82) is 0 Å². The van der Waals surface area contributed by atoms with Crippen LogP contribution in [-0.2, 0) is 4.79 Å². The topological polar surface area (TPSA) is 54.9 Å². The number of carbonyl (C=O) groups excluding carboxylic acids is 1. The molecule has 0 aliphatic carbocycles. The first kappa shape index (κ1) is 13.0. The molecule has 1 N–H and O–H groups in total. The summed E-state index contributed by atoms with van der Waals surface area (Å²) in [6.45, 7) is 0. The summed E-state index contributed by atoms with van der Waals surface area (Å²) in [6.07, 6.45) is 8.38. The largest absolute Gasteiger partial charge is 0.322 e.